The zero-order chi connectivity index (χ0) is 55.4. The van der Waals surface area contributed by atoms with Crippen LogP contribution in [0.5, 0.6) is 0 Å². The number of aromatic nitrogens is 1. The van der Waals surface area contributed by atoms with Crippen molar-refractivity contribution in [3.8, 4) is 0 Å². The fourth-order valence-corrected chi connectivity index (χ4v) is 7.72. The number of fused-ring (bicyclic) bond motifs is 1. The van der Waals surface area contributed by atoms with Crippen LogP contribution in [0, 0.1) is 5.92 Å². The molecular weight excluding hydrogens is 983 g/mol. The highest BCUT2D eigenvalue weighted by Gasteiger charge is 2.36. The summed E-state index contributed by atoms with van der Waals surface area (Å²) in [6.45, 7) is 1.71. The molecule has 2 heterocycles. The van der Waals surface area contributed by atoms with Gasteiger partial charge in [-0.05, 0) is 42.9 Å². The van der Waals surface area contributed by atoms with E-state index in [0.717, 1.165) is 17.8 Å². The van der Waals surface area contributed by atoms with E-state index in [1.165, 1.54) is 0 Å². The minimum absolute atomic E-state index is 0.0834. The fraction of sp³-hybridized carbons (Fsp3) is 0.458. The molecule has 17 N–H and O–H groups in total. The highest BCUT2D eigenvalue weighted by Crippen LogP contribution is 2.19. The number of rotatable bonds is 29. The molecule has 2 aromatic carbocycles. The standard InChI is InChI=1S/C48H65N13O14/c1-24(2)15-31(57-43(70)30-13-14-38(66)55-30)44(71)59-34(18-36(49)64)46(73)58-32(16-26-9-5-4-6-10-26)45(72)60-35(23-62)47(74)61-41(25(3)63)48(75)54-22-40(68)56-33(42(69)53-21-39(67)52-20-37(50)65)17-27-19-51-29-12-8-7-11-28(27)29/h4-12,19,24-25,30-35,41,51,62-63H,13-18,20-23H2,1-3H3,(H2,49,64)(H2,50,65)(H,52,67)(H,53,69)(H,54,75)(H,55,66)(H,56,68)(H,57,70)(H,58,73)(H,59,71)(H,60,72)(H,61,74)/t25-,30+,31+,32+,33+,34+,35+,41+/m1/s1. The molecule has 75 heavy (non-hydrogen) atoms. The van der Waals surface area contributed by atoms with Crippen LogP contribution in [-0.4, -0.2) is 161 Å². The number of aliphatic hydroxyl groups is 2. The summed E-state index contributed by atoms with van der Waals surface area (Å²) in [7, 11) is 0. The molecule has 4 rings (SSSR count). The number of benzene rings is 2. The number of aliphatic hydroxyl groups excluding tert-OH is 2. The van der Waals surface area contributed by atoms with Crippen molar-refractivity contribution in [2.45, 2.75) is 108 Å². The largest absolute Gasteiger partial charge is 0.394 e. The van der Waals surface area contributed by atoms with Gasteiger partial charge in [-0.2, -0.15) is 0 Å². The summed E-state index contributed by atoms with van der Waals surface area (Å²) in [5.41, 5.74) is 12.3. The first kappa shape index (κ1) is 59.1. The van der Waals surface area contributed by atoms with E-state index in [1.54, 1.807) is 74.6 Å². The monoisotopic (exact) mass is 1050 g/mol. The molecule has 0 spiro atoms. The number of primary amides is 2. The van der Waals surface area contributed by atoms with Gasteiger partial charge in [-0.3, -0.25) is 57.5 Å². The summed E-state index contributed by atoms with van der Waals surface area (Å²) in [6, 6.07) is 4.94. The third-order valence-corrected chi connectivity index (χ3v) is 11.5. The van der Waals surface area contributed by atoms with Crippen molar-refractivity contribution in [3.63, 3.8) is 0 Å². The van der Waals surface area contributed by atoms with E-state index in [9.17, 15) is 67.7 Å². The summed E-state index contributed by atoms with van der Waals surface area (Å²) in [6.07, 6.45) is -0.729. The number of aromatic amines is 1. The van der Waals surface area contributed by atoms with Gasteiger partial charge >= 0.3 is 0 Å². The van der Waals surface area contributed by atoms with E-state index in [2.05, 4.69) is 58.2 Å². The summed E-state index contributed by atoms with van der Waals surface area (Å²) in [5, 5.41) is 45.4. The number of H-pyrrole nitrogens is 1. The van der Waals surface area contributed by atoms with Crippen molar-refractivity contribution < 1.29 is 67.7 Å². The Hall–Kier alpha value is -8.46. The Morgan fingerprint density at radius 2 is 1.21 bits per heavy atom. The lowest BCUT2D eigenvalue weighted by Gasteiger charge is -2.27. The Balaban J connectivity index is 1.44. The minimum Gasteiger partial charge on any atom is -0.394 e. The fourth-order valence-electron chi connectivity index (χ4n) is 7.72. The number of carbonyl (C=O) groups is 12. The molecule has 1 saturated heterocycles. The number of amides is 12. The highest BCUT2D eigenvalue weighted by molar-refractivity contribution is 5.99. The Morgan fingerprint density at radius 3 is 1.84 bits per heavy atom. The smallest absolute Gasteiger partial charge is 0.245 e. The SMILES string of the molecule is CC(C)C[C@H](NC(=O)[C@@H]1CCC(=O)N1)C(=O)N[C@@H](CC(N)=O)C(=O)N[C@@H](Cc1ccccc1)C(=O)N[C@@H](CO)C(=O)N[C@H](C(=O)NCC(=O)N[C@@H](Cc1c[nH]c2ccccc12)C(=O)NCC(=O)NCC(N)=O)[C@@H](C)O. The van der Waals surface area contributed by atoms with E-state index in [-0.39, 0.29) is 43.9 Å². The molecule has 12 amide bonds. The molecule has 27 heteroatoms. The number of hydrogen-bond donors (Lipinski definition) is 15. The summed E-state index contributed by atoms with van der Waals surface area (Å²) in [4.78, 5) is 158. The van der Waals surface area contributed by atoms with Crippen molar-refractivity contribution in [3.05, 3.63) is 71.9 Å². The van der Waals surface area contributed by atoms with Gasteiger partial charge < -0.3 is 79.8 Å². The highest BCUT2D eigenvalue weighted by atomic mass is 16.3. The van der Waals surface area contributed by atoms with Gasteiger partial charge in [0, 0.05) is 36.4 Å². The number of para-hydroxylation sites is 1. The second-order valence-electron chi connectivity index (χ2n) is 18.2. The van der Waals surface area contributed by atoms with Crippen LogP contribution in [0.2, 0.25) is 0 Å². The molecule has 0 aliphatic carbocycles. The summed E-state index contributed by atoms with van der Waals surface area (Å²) >= 11 is 0. The lowest BCUT2D eigenvalue weighted by atomic mass is 10.0. The van der Waals surface area contributed by atoms with Crippen molar-refractivity contribution >= 4 is 81.8 Å². The summed E-state index contributed by atoms with van der Waals surface area (Å²) < 4.78 is 0. The van der Waals surface area contributed by atoms with Gasteiger partial charge in [0.05, 0.1) is 38.8 Å². The molecule has 0 unspecified atom stereocenters. The third kappa shape index (κ3) is 19.2. The lowest BCUT2D eigenvalue weighted by Crippen LogP contribution is -2.61. The van der Waals surface area contributed by atoms with Crippen LogP contribution in [0.3, 0.4) is 0 Å². The zero-order valence-corrected chi connectivity index (χ0v) is 41.5. The molecule has 8 atom stereocenters. The maximum atomic E-state index is 14.0. The zero-order valence-electron chi connectivity index (χ0n) is 41.5. The van der Waals surface area contributed by atoms with Crippen LogP contribution in [0.25, 0.3) is 10.9 Å². The normalized spacial score (nSPS) is 15.8. The molecule has 1 aliphatic rings. The van der Waals surface area contributed by atoms with Gasteiger partial charge in [-0.15, -0.1) is 0 Å². The van der Waals surface area contributed by atoms with Gasteiger partial charge in [0.25, 0.3) is 0 Å². The van der Waals surface area contributed by atoms with Gasteiger partial charge in [0.15, 0.2) is 0 Å². The average Bonchev–Trinajstić information content (AvgIpc) is 3.99. The minimum atomic E-state index is -1.84. The molecule has 0 saturated carbocycles. The maximum Gasteiger partial charge on any atom is 0.245 e. The molecule has 1 fully saturated rings. The van der Waals surface area contributed by atoms with Crippen molar-refractivity contribution in [2.75, 3.05) is 26.2 Å². The van der Waals surface area contributed by atoms with Crippen LogP contribution in [0.15, 0.2) is 60.8 Å². The van der Waals surface area contributed by atoms with E-state index >= 15 is 0 Å². The third-order valence-electron chi connectivity index (χ3n) is 11.5. The number of nitrogens with one attached hydrogen (secondary N) is 11. The maximum absolute atomic E-state index is 14.0. The predicted molar refractivity (Wildman–Crippen MR) is 265 cm³/mol. The van der Waals surface area contributed by atoms with Crippen LogP contribution < -0.4 is 64.6 Å². The molecule has 0 radical (unpaired) electrons. The van der Waals surface area contributed by atoms with Crippen LogP contribution in [-0.2, 0) is 70.4 Å². The lowest BCUT2D eigenvalue weighted by molar-refractivity contribution is -0.137. The van der Waals surface area contributed by atoms with Gasteiger partial charge in [-0.1, -0.05) is 62.4 Å². The molecule has 27 nitrogen and oxygen atoms in total. The quantitative estimate of drug-likeness (QED) is 0.0308. The van der Waals surface area contributed by atoms with Gasteiger partial charge in [0.2, 0.25) is 70.9 Å². The second-order valence-corrected chi connectivity index (χ2v) is 18.2. The van der Waals surface area contributed by atoms with E-state index in [4.69, 9.17) is 11.5 Å². The van der Waals surface area contributed by atoms with Crippen molar-refractivity contribution in [1.29, 1.82) is 0 Å². The number of hydrogen-bond acceptors (Lipinski definition) is 14. The summed E-state index contributed by atoms with van der Waals surface area (Å²) in [5.74, 6) is -10.8. The predicted octanol–water partition coefficient (Wildman–Crippen LogP) is -5.73. The first-order valence-corrected chi connectivity index (χ1v) is 23.9. The topological polar surface area (TPSA) is 433 Å². The van der Waals surface area contributed by atoms with E-state index in [0.29, 0.717) is 11.1 Å². The van der Waals surface area contributed by atoms with Crippen molar-refractivity contribution in [1.82, 2.24) is 58.2 Å². The van der Waals surface area contributed by atoms with Crippen LogP contribution in [0.4, 0.5) is 0 Å². The van der Waals surface area contributed by atoms with Crippen LogP contribution in [0.1, 0.15) is 57.6 Å². The average molecular weight is 1050 g/mol. The second kappa shape index (κ2) is 28.7. The Labute approximate surface area is 429 Å². The Kier molecular flexibility index (Phi) is 22.6. The first-order chi connectivity index (χ1) is 35.5. The molecule has 0 bridgehead atoms. The number of carbonyl (C=O) groups excluding carboxylic acids is 12. The van der Waals surface area contributed by atoms with Crippen molar-refractivity contribution in [2.24, 2.45) is 17.4 Å². The first-order valence-electron chi connectivity index (χ1n) is 23.9. The molecule has 406 valence electrons. The number of nitrogens with two attached hydrogens (primary N) is 2. The van der Waals surface area contributed by atoms with Crippen LogP contribution >= 0.6 is 0 Å². The van der Waals surface area contributed by atoms with E-state index < -0.39 is 146 Å². The molecule has 1 aromatic heterocycles. The molecule has 3 aromatic rings. The Morgan fingerprint density at radius 1 is 0.627 bits per heavy atom. The Bertz CT molecular complexity index is 2570. The molecule has 1 aliphatic heterocycles. The van der Waals surface area contributed by atoms with E-state index in [1.807, 2.05) is 0 Å². The van der Waals surface area contributed by atoms with Gasteiger partial charge in [-0.25, -0.2) is 0 Å². The van der Waals surface area contributed by atoms with Gasteiger partial charge in [0.1, 0.15) is 42.3 Å². The molecular formula is C48H65N13O14.